The first-order chi connectivity index (χ1) is 8.64. The number of sulfone groups is 1. The van der Waals surface area contributed by atoms with E-state index in [9.17, 15) is 16.8 Å². The molecule has 0 aliphatic heterocycles. The van der Waals surface area contributed by atoms with Gasteiger partial charge in [-0.3, -0.25) is 0 Å². The molecule has 0 amide bonds. The summed E-state index contributed by atoms with van der Waals surface area (Å²) in [5.41, 5.74) is 0.403. The molecule has 0 bridgehead atoms. The quantitative estimate of drug-likeness (QED) is 0.822. The Labute approximate surface area is 114 Å². The van der Waals surface area contributed by atoms with Gasteiger partial charge in [0, 0.05) is 26.9 Å². The van der Waals surface area contributed by atoms with Gasteiger partial charge in [0.1, 0.15) is 14.7 Å². The second kappa shape index (κ2) is 5.89. The highest BCUT2D eigenvalue weighted by molar-refractivity contribution is 7.90. The average molecular weight is 306 g/mol. The molecular weight excluding hydrogens is 288 g/mol. The molecule has 19 heavy (non-hydrogen) atoms. The summed E-state index contributed by atoms with van der Waals surface area (Å²) < 4.78 is 47.4. The standard InChI is InChI=1S/C11H18N2O4S2/c1-13(2)19(16,17)11-7-5-4-6-10(11)12-8-9-18(3,14)15/h4-7,12H,8-9H2,1-3H3. The van der Waals surface area contributed by atoms with Crippen LogP contribution in [0.5, 0.6) is 0 Å². The van der Waals surface area contributed by atoms with Crippen molar-refractivity contribution in [1.29, 1.82) is 0 Å². The number of benzene rings is 1. The molecular formula is C11H18N2O4S2. The summed E-state index contributed by atoms with van der Waals surface area (Å²) in [4.78, 5) is 0.133. The van der Waals surface area contributed by atoms with Gasteiger partial charge in [0.2, 0.25) is 10.0 Å². The predicted molar refractivity (Wildman–Crippen MR) is 75.5 cm³/mol. The van der Waals surface area contributed by atoms with Crippen LogP contribution in [0.1, 0.15) is 0 Å². The molecule has 108 valence electrons. The van der Waals surface area contributed by atoms with Crippen LogP contribution in [-0.4, -0.2) is 53.8 Å². The molecule has 6 nitrogen and oxygen atoms in total. The van der Waals surface area contributed by atoms with Crippen molar-refractivity contribution in [3.8, 4) is 0 Å². The highest BCUT2D eigenvalue weighted by Gasteiger charge is 2.20. The van der Waals surface area contributed by atoms with Crippen LogP contribution in [0, 0.1) is 0 Å². The summed E-state index contributed by atoms with van der Waals surface area (Å²) in [6.45, 7) is 0.165. The Balaban J connectivity index is 2.98. The molecule has 0 aliphatic carbocycles. The van der Waals surface area contributed by atoms with E-state index in [2.05, 4.69) is 5.32 Å². The molecule has 0 aromatic heterocycles. The molecule has 0 atom stereocenters. The van der Waals surface area contributed by atoms with Gasteiger partial charge in [-0.05, 0) is 12.1 Å². The van der Waals surface area contributed by atoms with E-state index in [1.165, 1.54) is 20.2 Å². The van der Waals surface area contributed by atoms with E-state index in [4.69, 9.17) is 0 Å². The molecule has 1 N–H and O–H groups in total. The lowest BCUT2D eigenvalue weighted by molar-refractivity contribution is 0.521. The number of hydrogen-bond acceptors (Lipinski definition) is 5. The van der Waals surface area contributed by atoms with Gasteiger partial charge in [0.15, 0.2) is 0 Å². The van der Waals surface area contributed by atoms with Gasteiger partial charge in [-0.25, -0.2) is 21.1 Å². The topological polar surface area (TPSA) is 83.6 Å². The van der Waals surface area contributed by atoms with E-state index in [1.54, 1.807) is 18.2 Å². The highest BCUT2D eigenvalue weighted by atomic mass is 32.2. The molecule has 0 fully saturated rings. The van der Waals surface area contributed by atoms with Crippen molar-refractivity contribution < 1.29 is 16.8 Å². The molecule has 1 rings (SSSR count). The van der Waals surface area contributed by atoms with E-state index in [0.717, 1.165) is 10.6 Å². The van der Waals surface area contributed by atoms with Crippen molar-refractivity contribution >= 4 is 25.5 Å². The fraction of sp³-hybridized carbons (Fsp3) is 0.455. The fourth-order valence-electron chi connectivity index (χ4n) is 1.41. The summed E-state index contributed by atoms with van der Waals surface area (Å²) in [5.74, 6) is -0.0522. The smallest absolute Gasteiger partial charge is 0.244 e. The molecule has 0 aliphatic rings. The second-order valence-electron chi connectivity index (χ2n) is 4.34. The Bertz CT molecular complexity index is 636. The van der Waals surface area contributed by atoms with Crippen LogP contribution in [0.25, 0.3) is 0 Å². The van der Waals surface area contributed by atoms with Crippen molar-refractivity contribution in [3.63, 3.8) is 0 Å². The number of para-hydroxylation sites is 1. The number of anilines is 1. The van der Waals surface area contributed by atoms with Crippen LogP contribution >= 0.6 is 0 Å². The van der Waals surface area contributed by atoms with Gasteiger partial charge >= 0.3 is 0 Å². The average Bonchev–Trinajstić information content (AvgIpc) is 2.27. The van der Waals surface area contributed by atoms with Crippen LogP contribution in [0.2, 0.25) is 0 Å². The first-order valence-corrected chi connectivity index (χ1v) is 9.08. The maximum absolute atomic E-state index is 12.1. The van der Waals surface area contributed by atoms with Crippen LogP contribution < -0.4 is 5.32 Å². The molecule has 0 unspecified atom stereocenters. The monoisotopic (exact) mass is 306 g/mol. The van der Waals surface area contributed by atoms with Gasteiger partial charge in [0.05, 0.1) is 11.4 Å². The lowest BCUT2D eigenvalue weighted by Gasteiger charge is -2.15. The Morgan fingerprint density at radius 2 is 1.68 bits per heavy atom. The van der Waals surface area contributed by atoms with Crippen molar-refractivity contribution in [3.05, 3.63) is 24.3 Å². The zero-order valence-electron chi connectivity index (χ0n) is 11.1. The van der Waals surface area contributed by atoms with Crippen LogP contribution in [0.3, 0.4) is 0 Å². The largest absolute Gasteiger partial charge is 0.383 e. The Morgan fingerprint density at radius 3 is 2.21 bits per heavy atom. The summed E-state index contributed by atoms with van der Waals surface area (Å²) >= 11 is 0. The molecule has 1 aromatic carbocycles. The lowest BCUT2D eigenvalue weighted by atomic mass is 10.3. The number of hydrogen-bond donors (Lipinski definition) is 1. The maximum Gasteiger partial charge on any atom is 0.244 e. The third kappa shape index (κ3) is 4.48. The normalized spacial score (nSPS) is 12.6. The number of rotatable bonds is 6. The first-order valence-electron chi connectivity index (χ1n) is 5.58. The summed E-state index contributed by atoms with van der Waals surface area (Å²) in [5, 5.41) is 2.85. The van der Waals surface area contributed by atoms with Crippen molar-refractivity contribution in [2.45, 2.75) is 4.90 Å². The minimum atomic E-state index is -3.55. The van der Waals surface area contributed by atoms with Crippen LogP contribution in [0.15, 0.2) is 29.2 Å². The van der Waals surface area contributed by atoms with Gasteiger partial charge in [-0.2, -0.15) is 0 Å². The Kier molecular flexibility index (Phi) is 4.94. The third-order valence-electron chi connectivity index (χ3n) is 2.43. The zero-order chi connectivity index (χ0) is 14.7. The van der Waals surface area contributed by atoms with Crippen molar-refractivity contribution in [2.24, 2.45) is 0 Å². The Hall–Kier alpha value is -1.12. The zero-order valence-corrected chi connectivity index (χ0v) is 12.8. The molecule has 0 saturated carbocycles. The predicted octanol–water partition coefficient (Wildman–Crippen LogP) is 0.393. The fourth-order valence-corrected chi connectivity index (χ4v) is 2.94. The SMILES string of the molecule is CN(C)S(=O)(=O)c1ccccc1NCCS(C)(=O)=O. The van der Waals surface area contributed by atoms with Crippen molar-refractivity contribution in [1.82, 2.24) is 4.31 Å². The van der Waals surface area contributed by atoms with Crippen LogP contribution in [0.4, 0.5) is 5.69 Å². The summed E-state index contributed by atoms with van der Waals surface area (Å²) in [7, 11) is -3.74. The second-order valence-corrected chi connectivity index (χ2v) is 8.72. The third-order valence-corrected chi connectivity index (χ3v) is 5.25. The van der Waals surface area contributed by atoms with Gasteiger partial charge in [-0.15, -0.1) is 0 Å². The van der Waals surface area contributed by atoms with Gasteiger partial charge in [-0.1, -0.05) is 12.1 Å². The molecule has 0 radical (unpaired) electrons. The maximum atomic E-state index is 12.1. The molecule has 0 spiro atoms. The van der Waals surface area contributed by atoms with E-state index >= 15 is 0 Å². The van der Waals surface area contributed by atoms with E-state index < -0.39 is 19.9 Å². The van der Waals surface area contributed by atoms with E-state index in [-0.39, 0.29) is 17.2 Å². The lowest BCUT2D eigenvalue weighted by Crippen LogP contribution is -2.24. The molecule has 0 saturated heterocycles. The minimum Gasteiger partial charge on any atom is -0.383 e. The number of nitrogens with zero attached hydrogens (tertiary/aromatic N) is 1. The van der Waals surface area contributed by atoms with E-state index in [0.29, 0.717) is 5.69 Å². The molecule has 0 heterocycles. The van der Waals surface area contributed by atoms with Crippen molar-refractivity contribution in [2.75, 3.05) is 38.0 Å². The van der Waals surface area contributed by atoms with Crippen LogP contribution in [-0.2, 0) is 19.9 Å². The molecule has 8 heteroatoms. The van der Waals surface area contributed by atoms with Gasteiger partial charge < -0.3 is 5.32 Å². The number of nitrogens with one attached hydrogen (secondary N) is 1. The first kappa shape index (κ1) is 15.9. The minimum absolute atomic E-state index is 0.0522. The highest BCUT2D eigenvalue weighted by Crippen LogP contribution is 2.22. The van der Waals surface area contributed by atoms with Gasteiger partial charge in [0.25, 0.3) is 0 Å². The number of sulfonamides is 1. The summed E-state index contributed by atoms with van der Waals surface area (Å²) in [6.07, 6.45) is 1.14. The summed E-state index contributed by atoms with van der Waals surface area (Å²) in [6, 6.07) is 6.41. The Morgan fingerprint density at radius 1 is 1.11 bits per heavy atom. The molecule has 1 aromatic rings. The van der Waals surface area contributed by atoms with E-state index in [1.807, 2.05) is 0 Å².